The monoisotopic (exact) mass is 267 g/mol. The van der Waals surface area contributed by atoms with E-state index in [1.807, 2.05) is 41.8 Å². The van der Waals surface area contributed by atoms with E-state index in [4.69, 9.17) is 0 Å². The second-order valence-electron chi connectivity index (χ2n) is 4.42. The standard InChI is InChI=1S/C13H17NOS2/c1-9-3-4-11(16)7-12(9)13(15)14-5-6-17-8-10(14)2/h3-4,7,10,16H,5-6,8H2,1-2H3. The molecule has 0 bridgehead atoms. The topological polar surface area (TPSA) is 20.3 Å². The van der Waals surface area contributed by atoms with Gasteiger partial charge in [0.2, 0.25) is 0 Å². The van der Waals surface area contributed by atoms with Crippen molar-refractivity contribution < 1.29 is 4.79 Å². The van der Waals surface area contributed by atoms with Crippen molar-refractivity contribution in [1.29, 1.82) is 0 Å². The van der Waals surface area contributed by atoms with Crippen molar-refractivity contribution in [2.24, 2.45) is 0 Å². The van der Waals surface area contributed by atoms with Crippen LogP contribution in [0.2, 0.25) is 0 Å². The summed E-state index contributed by atoms with van der Waals surface area (Å²) in [6.45, 7) is 4.94. The molecular weight excluding hydrogens is 250 g/mol. The molecule has 4 heteroatoms. The van der Waals surface area contributed by atoms with Gasteiger partial charge >= 0.3 is 0 Å². The van der Waals surface area contributed by atoms with Gasteiger partial charge < -0.3 is 4.90 Å². The van der Waals surface area contributed by atoms with Gasteiger partial charge in [0.25, 0.3) is 5.91 Å². The number of thioether (sulfide) groups is 1. The summed E-state index contributed by atoms with van der Waals surface area (Å²) < 4.78 is 0. The summed E-state index contributed by atoms with van der Waals surface area (Å²) in [6, 6.07) is 6.07. The van der Waals surface area contributed by atoms with Crippen LogP contribution < -0.4 is 0 Å². The summed E-state index contributed by atoms with van der Waals surface area (Å²) >= 11 is 6.23. The van der Waals surface area contributed by atoms with Crippen LogP contribution in [-0.2, 0) is 0 Å². The summed E-state index contributed by atoms with van der Waals surface area (Å²) in [5, 5.41) is 0. The molecule has 1 atom stereocenters. The van der Waals surface area contributed by atoms with Crippen LogP contribution in [0, 0.1) is 6.92 Å². The van der Waals surface area contributed by atoms with Gasteiger partial charge in [-0.15, -0.1) is 12.6 Å². The predicted molar refractivity (Wildman–Crippen MR) is 76.3 cm³/mol. The minimum Gasteiger partial charge on any atom is -0.334 e. The number of carbonyl (C=O) groups is 1. The maximum absolute atomic E-state index is 12.5. The number of thiol groups is 1. The van der Waals surface area contributed by atoms with Crippen molar-refractivity contribution in [3.63, 3.8) is 0 Å². The number of rotatable bonds is 1. The normalized spacial score (nSPS) is 20.4. The van der Waals surface area contributed by atoms with Gasteiger partial charge in [-0.25, -0.2) is 0 Å². The largest absolute Gasteiger partial charge is 0.334 e. The van der Waals surface area contributed by atoms with Crippen molar-refractivity contribution in [1.82, 2.24) is 4.90 Å². The minimum atomic E-state index is 0.145. The molecule has 1 amide bonds. The van der Waals surface area contributed by atoms with Crippen LogP contribution in [0.3, 0.4) is 0 Å². The Hall–Kier alpha value is -0.610. The van der Waals surface area contributed by atoms with E-state index in [1.165, 1.54) is 0 Å². The molecule has 1 fully saturated rings. The molecular formula is C13H17NOS2. The first-order valence-electron chi connectivity index (χ1n) is 5.78. The van der Waals surface area contributed by atoms with E-state index in [0.717, 1.165) is 34.1 Å². The van der Waals surface area contributed by atoms with E-state index in [1.54, 1.807) is 0 Å². The zero-order valence-corrected chi connectivity index (χ0v) is 11.9. The van der Waals surface area contributed by atoms with Gasteiger partial charge in [0.15, 0.2) is 0 Å². The van der Waals surface area contributed by atoms with Crippen LogP contribution in [0.5, 0.6) is 0 Å². The molecule has 1 aliphatic heterocycles. The van der Waals surface area contributed by atoms with Crippen molar-refractivity contribution in [2.75, 3.05) is 18.1 Å². The number of aryl methyl sites for hydroxylation is 1. The Morgan fingerprint density at radius 2 is 2.29 bits per heavy atom. The molecule has 0 N–H and O–H groups in total. The van der Waals surface area contributed by atoms with Crippen LogP contribution in [0.15, 0.2) is 23.1 Å². The smallest absolute Gasteiger partial charge is 0.254 e. The third-order valence-corrected chi connectivity index (χ3v) is 4.55. The quantitative estimate of drug-likeness (QED) is 0.790. The van der Waals surface area contributed by atoms with Crippen molar-refractivity contribution in [3.05, 3.63) is 29.3 Å². The highest BCUT2D eigenvalue weighted by Crippen LogP contribution is 2.21. The number of hydrogen-bond donors (Lipinski definition) is 1. The van der Waals surface area contributed by atoms with Crippen LogP contribution in [0.1, 0.15) is 22.8 Å². The van der Waals surface area contributed by atoms with Gasteiger partial charge in [0.05, 0.1) is 0 Å². The summed E-state index contributed by atoms with van der Waals surface area (Å²) in [6.07, 6.45) is 0. The number of benzene rings is 1. The highest BCUT2D eigenvalue weighted by molar-refractivity contribution is 7.99. The maximum Gasteiger partial charge on any atom is 0.254 e. The second kappa shape index (κ2) is 5.36. The maximum atomic E-state index is 12.5. The molecule has 1 aromatic rings. The molecule has 1 aromatic carbocycles. The first kappa shape index (κ1) is 12.8. The Labute approximate surface area is 112 Å². The highest BCUT2D eigenvalue weighted by Gasteiger charge is 2.25. The SMILES string of the molecule is Cc1ccc(S)cc1C(=O)N1CCSCC1C. The first-order valence-corrected chi connectivity index (χ1v) is 7.38. The fourth-order valence-electron chi connectivity index (χ4n) is 2.02. The van der Waals surface area contributed by atoms with E-state index in [9.17, 15) is 4.79 Å². The third kappa shape index (κ3) is 2.80. The molecule has 0 saturated carbocycles. The molecule has 92 valence electrons. The van der Waals surface area contributed by atoms with Gasteiger partial charge in [0.1, 0.15) is 0 Å². The Kier molecular flexibility index (Phi) is 4.05. The molecule has 1 heterocycles. The Morgan fingerprint density at radius 1 is 1.53 bits per heavy atom. The van der Waals surface area contributed by atoms with E-state index in [0.29, 0.717) is 6.04 Å². The lowest BCUT2D eigenvalue weighted by Gasteiger charge is -2.33. The van der Waals surface area contributed by atoms with Gasteiger partial charge in [0, 0.05) is 34.6 Å². The van der Waals surface area contributed by atoms with Gasteiger partial charge in [-0.2, -0.15) is 11.8 Å². The van der Waals surface area contributed by atoms with E-state index in [2.05, 4.69) is 19.6 Å². The van der Waals surface area contributed by atoms with Crippen LogP contribution in [0.4, 0.5) is 0 Å². The lowest BCUT2D eigenvalue weighted by atomic mass is 10.1. The van der Waals surface area contributed by atoms with Crippen molar-refractivity contribution in [2.45, 2.75) is 24.8 Å². The van der Waals surface area contributed by atoms with E-state index >= 15 is 0 Å². The Morgan fingerprint density at radius 3 is 3.00 bits per heavy atom. The molecule has 0 radical (unpaired) electrons. The molecule has 1 saturated heterocycles. The molecule has 0 spiro atoms. The fraction of sp³-hybridized carbons (Fsp3) is 0.462. The molecule has 2 nitrogen and oxygen atoms in total. The number of carbonyl (C=O) groups excluding carboxylic acids is 1. The molecule has 2 rings (SSSR count). The highest BCUT2D eigenvalue weighted by atomic mass is 32.2. The molecule has 0 aliphatic carbocycles. The zero-order chi connectivity index (χ0) is 12.4. The number of amides is 1. The van der Waals surface area contributed by atoms with Gasteiger partial charge in [-0.3, -0.25) is 4.79 Å². The lowest BCUT2D eigenvalue weighted by molar-refractivity contribution is 0.0715. The van der Waals surface area contributed by atoms with Gasteiger partial charge in [-0.05, 0) is 31.5 Å². The number of nitrogens with zero attached hydrogens (tertiary/aromatic N) is 1. The Bertz CT molecular complexity index is 433. The average molecular weight is 267 g/mol. The average Bonchev–Trinajstić information content (AvgIpc) is 2.32. The fourth-order valence-corrected chi connectivity index (χ4v) is 3.24. The molecule has 1 unspecified atom stereocenters. The van der Waals surface area contributed by atoms with Crippen molar-refractivity contribution >= 4 is 30.3 Å². The summed E-state index contributed by atoms with van der Waals surface area (Å²) in [5.74, 6) is 2.22. The first-order chi connectivity index (χ1) is 8.09. The van der Waals surface area contributed by atoms with Crippen LogP contribution >= 0.6 is 24.4 Å². The van der Waals surface area contributed by atoms with Crippen LogP contribution in [-0.4, -0.2) is 34.9 Å². The van der Waals surface area contributed by atoms with Crippen molar-refractivity contribution in [3.8, 4) is 0 Å². The predicted octanol–water partition coefficient (Wildman–Crippen LogP) is 2.86. The summed E-state index contributed by atoms with van der Waals surface area (Å²) in [4.78, 5) is 15.3. The lowest BCUT2D eigenvalue weighted by Crippen LogP contribution is -2.44. The summed E-state index contributed by atoms with van der Waals surface area (Å²) in [5.41, 5.74) is 1.81. The minimum absolute atomic E-state index is 0.145. The van der Waals surface area contributed by atoms with Gasteiger partial charge in [-0.1, -0.05) is 6.07 Å². The van der Waals surface area contributed by atoms with E-state index < -0.39 is 0 Å². The molecule has 0 aromatic heterocycles. The molecule has 17 heavy (non-hydrogen) atoms. The van der Waals surface area contributed by atoms with Crippen LogP contribution in [0.25, 0.3) is 0 Å². The molecule has 1 aliphatic rings. The van der Waals surface area contributed by atoms with E-state index in [-0.39, 0.29) is 5.91 Å². The number of hydrogen-bond acceptors (Lipinski definition) is 3. The second-order valence-corrected chi connectivity index (χ2v) is 6.09. The third-order valence-electron chi connectivity index (χ3n) is 3.08. The summed E-state index contributed by atoms with van der Waals surface area (Å²) in [7, 11) is 0. The Balaban J connectivity index is 2.26. The zero-order valence-electron chi connectivity index (χ0n) is 10.1.